The summed E-state index contributed by atoms with van der Waals surface area (Å²) in [5, 5.41) is 2.91. The fourth-order valence-electron chi connectivity index (χ4n) is 2.00. The highest BCUT2D eigenvalue weighted by Gasteiger charge is 2.05. The molecule has 0 saturated heterocycles. The van der Waals surface area contributed by atoms with Crippen molar-refractivity contribution in [3.63, 3.8) is 0 Å². The molecule has 0 bridgehead atoms. The van der Waals surface area contributed by atoms with Gasteiger partial charge in [0.1, 0.15) is 5.75 Å². The van der Waals surface area contributed by atoms with Crippen LogP contribution in [0, 0.1) is 0 Å². The molecule has 2 aromatic carbocycles. The van der Waals surface area contributed by atoms with Gasteiger partial charge in [0, 0.05) is 18.0 Å². The standard InChI is InChI=1S/C17H18ClNO2/c1-21-16-4-2-3-13(11-16)9-10-19-17(20)15-7-5-14(12-18)6-8-15/h2-8,11H,9-10,12H2,1H3,(H,19,20). The van der Waals surface area contributed by atoms with Crippen LogP contribution >= 0.6 is 11.6 Å². The fraction of sp³-hybridized carbons (Fsp3) is 0.235. The van der Waals surface area contributed by atoms with Gasteiger partial charge in [0.05, 0.1) is 7.11 Å². The number of carbonyl (C=O) groups is 1. The third-order valence-electron chi connectivity index (χ3n) is 3.20. The number of hydrogen-bond donors (Lipinski definition) is 1. The number of rotatable bonds is 6. The van der Waals surface area contributed by atoms with Crippen LogP contribution in [0.25, 0.3) is 0 Å². The quantitative estimate of drug-likeness (QED) is 0.831. The molecule has 0 aliphatic heterocycles. The molecule has 0 unspecified atom stereocenters. The van der Waals surface area contributed by atoms with Gasteiger partial charge >= 0.3 is 0 Å². The topological polar surface area (TPSA) is 38.3 Å². The number of alkyl halides is 1. The van der Waals surface area contributed by atoms with E-state index in [4.69, 9.17) is 16.3 Å². The Bertz CT molecular complexity index is 596. The third kappa shape index (κ3) is 4.50. The summed E-state index contributed by atoms with van der Waals surface area (Å²) in [6.07, 6.45) is 0.767. The molecule has 0 spiro atoms. The Labute approximate surface area is 129 Å². The van der Waals surface area contributed by atoms with Gasteiger partial charge in [-0.05, 0) is 41.8 Å². The smallest absolute Gasteiger partial charge is 0.251 e. The Morgan fingerprint density at radius 2 is 1.90 bits per heavy atom. The lowest BCUT2D eigenvalue weighted by molar-refractivity contribution is 0.0954. The molecule has 0 aliphatic carbocycles. The second kappa shape index (κ2) is 7.70. The van der Waals surface area contributed by atoms with Crippen LogP contribution in [0.3, 0.4) is 0 Å². The number of hydrogen-bond acceptors (Lipinski definition) is 2. The summed E-state index contributed by atoms with van der Waals surface area (Å²) < 4.78 is 5.18. The van der Waals surface area contributed by atoms with Crippen molar-refractivity contribution in [1.29, 1.82) is 0 Å². The Morgan fingerprint density at radius 3 is 2.57 bits per heavy atom. The first-order chi connectivity index (χ1) is 10.2. The zero-order chi connectivity index (χ0) is 15.1. The van der Waals surface area contributed by atoms with Gasteiger partial charge in [0.25, 0.3) is 5.91 Å². The minimum absolute atomic E-state index is 0.0704. The van der Waals surface area contributed by atoms with E-state index in [-0.39, 0.29) is 5.91 Å². The highest BCUT2D eigenvalue weighted by Crippen LogP contribution is 2.12. The third-order valence-corrected chi connectivity index (χ3v) is 3.51. The number of amides is 1. The number of carbonyl (C=O) groups excluding carboxylic acids is 1. The van der Waals surface area contributed by atoms with E-state index in [1.165, 1.54) is 0 Å². The number of methoxy groups -OCH3 is 1. The van der Waals surface area contributed by atoms with Gasteiger partial charge in [0.15, 0.2) is 0 Å². The number of ether oxygens (including phenoxy) is 1. The number of halogens is 1. The van der Waals surface area contributed by atoms with Crippen molar-refractivity contribution >= 4 is 17.5 Å². The lowest BCUT2D eigenvalue weighted by Gasteiger charge is -2.07. The van der Waals surface area contributed by atoms with E-state index in [0.29, 0.717) is 18.0 Å². The summed E-state index contributed by atoms with van der Waals surface area (Å²) in [7, 11) is 1.64. The summed E-state index contributed by atoms with van der Waals surface area (Å²) in [5.41, 5.74) is 2.78. The van der Waals surface area contributed by atoms with Gasteiger partial charge in [-0.2, -0.15) is 0 Å². The molecule has 0 fully saturated rings. The van der Waals surface area contributed by atoms with Crippen molar-refractivity contribution in [2.45, 2.75) is 12.3 Å². The molecule has 0 heterocycles. The second-order valence-corrected chi connectivity index (χ2v) is 4.96. The molecular formula is C17H18ClNO2. The Morgan fingerprint density at radius 1 is 1.14 bits per heavy atom. The van der Waals surface area contributed by atoms with Crippen molar-refractivity contribution < 1.29 is 9.53 Å². The number of nitrogens with one attached hydrogen (secondary N) is 1. The van der Waals surface area contributed by atoms with Gasteiger partial charge in [0.2, 0.25) is 0 Å². The maximum absolute atomic E-state index is 12.0. The fourth-order valence-corrected chi connectivity index (χ4v) is 2.17. The average molecular weight is 304 g/mol. The first kappa shape index (κ1) is 15.4. The van der Waals surface area contributed by atoms with Gasteiger partial charge in [-0.15, -0.1) is 11.6 Å². The zero-order valence-electron chi connectivity index (χ0n) is 11.9. The molecule has 110 valence electrons. The van der Waals surface area contributed by atoms with Crippen molar-refractivity contribution in [3.05, 3.63) is 65.2 Å². The molecule has 3 nitrogen and oxygen atoms in total. The largest absolute Gasteiger partial charge is 0.497 e. The molecule has 0 atom stereocenters. The van der Waals surface area contributed by atoms with E-state index >= 15 is 0 Å². The minimum atomic E-state index is -0.0704. The average Bonchev–Trinajstić information content (AvgIpc) is 2.55. The van der Waals surface area contributed by atoms with Gasteiger partial charge in [-0.1, -0.05) is 24.3 Å². The summed E-state index contributed by atoms with van der Waals surface area (Å²) in [4.78, 5) is 12.0. The first-order valence-electron chi connectivity index (χ1n) is 6.79. The predicted octanol–water partition coefficient (Wildman–Crippen LogP) is 3.41. The molecule has 21 heavy (non-hydrogen) atoms. The highest BCUT2D eigenvalue weighted by molar-refractivity contribution is 6.17. The summed E-state index contributed by atoms with van der Waals surface area (Å²) in [6.45, 7) is 0.587. The van der Waals surface area contributed by atoms with E-state index in [1.807, 2.05) is 36.4 Å². The maximum Gasteiger partial charge on any atom is 0.251 e. The van der Waals surface area contributed by atoms with E-state index in [9.17, 15) is 4.79 Å². The SMILES string of the molecule is COc1cccc(CCNC(=O)c2ccc(CCl)cc2)c1. The van der Waals surface area contributed by atoms with Crippen LogP contribution in [0.5, 0.6) is 5.75 Å². The Balaban J connectivity index is 1.85. The Kier molecular flexibility index (Phi) is 5.64. The molecule has 2 aromatic rings. The van der Waals surface area contributed by atoms with Crippen LogP contribution in [0.1, 0.15) is 21.5 Å². The lowest BCUT2D eigenvalue weighted by Crippen LogP contribution is -2.25. The summed E-state index contributed by atoms with van der Waals surface area (Å²) >= 11 is 5.72. The van der Waals surface area contributed by atoms with E-state index in [0.717, 1.165) is 23.3 Å². The maximum atomic E-state index is 12.0. The molecule has 4 heteroatoms. The molecule has 0 aliphatic rings. The minimum Gasteiger partial charge on any atom is -0.497 e. The van der Waals surface area contributed by atoms with Crippen LogP contribution in [0.4, 0.5) is 0 Å². The predicted molar refractivity (Wildman–Crippen MR) is 85.0 cm³/mol. The van der Waals surface area contributed by atoms with Crippen molar-refractivity contribution in [2.24, 2.45) is 0 Å². The van der Waals surface area contributed by atoms with Crippen LogP contribution in [0.2, 0.25) is 0 Å². The summed E-state index contributed by atoms with van der Waals surface area (Å²) in [6, 6.07) is 15.2. The monoisotopic (exact) mass is 303 g/mol. The van der Waals surface area contributed by atoms with Crippen LogP contribution in [0.15, 0.2) is 48.5 Å². The summed E-state index contributed by atoms with van der Waals surface area (Å²) in [5.74, 6) is 1.21. The normalized spacial score (nSPS) is 10.2. The molecule has 1 amide bonds. The number of benzene rings is 2. The first-order valence-corrected chi connectivity index (χ1v) is 7.32. The molecule has 0 saturated carbocycles. The van der Waals surface area contributed by atoms with E-state index < -0.39 is 0 Å². The highest BCUT2D eigenvalue weighted by atomic mass is 35.5. The van der Waals surface area contributed by atoms with Crippen molar-refractivity contribution in [3.8, 4) is 5.75 Å². The molecule has 1 N–H and O–H groups in total. The molecule has 0 radical (unpaired) electrons. The van der Waals surface area contributed by atoms with Gasteiger partial charge < -0.3 is 10.1 Å². The van der Waals surface area contributed by atoms with Gasteiger partial charge in [-0.3, -0.25) is 4.79 Å². The zero-order valence-corrected chi connectivity index (χ0v) is 12.7. The van der Waals surface area contributed by atoms with Crippen LogP contribution in [-0.2, 0) is 12.3 Å². The van der Waals surface area contributed by atoms with Crippen molar-refractivity contribution in [1.82, 2.24) is 5.32 Å². The lowest BCUT2D eigenvalue weighted by atomic mass is 10.1. The van der Waals surface area contributed by atoms with Crippen molar-refractivity contribution in [2.75, 3.05) is 13.7 Å². The van der Waals surface area contributed by atoms with Gasteiger partial charge in [-0.25, -0.2) is 0 Å². The van der Waals surface area contributed by atoms with Crippen LogP contribution < -0.4 is 10.1 Å². The second-order valence-electron chi connectivity index (χ2n) is 4.69. The van der Waals surface area contributed by atoms with E-state index in [1.54, 1.807) is 19.2 Å². The molecule has 2 rings (SSSR count). The molecule has 0 aromatic heterocycles. The van der Waals surface area contributed by atoms with E-state index in [2.05, 4.69) is 5.32 Å². The molecular weight excluding hydrogens is 286 g/mol. The van der Waals surface area contributed by atoms with Crippen LogP contribution in [-0.4, -0.2) is 19.6 Å². The Hall–Kier alpha value is -2.00.